The fourth-order valence-electron chi connectivity index (χ4n) is 3.15. The molecule has 1 aromatic heterocycles. The van der Waals surface area contributed by atoms with Gasteiger partial charge in [-0.2, -0.15) is 13.2 Å². The van der Waals surface area contributed by atoms with Crippen LogP contribution in [0.3, 0.4) is 0 Å². The third-order valence-corrected chi connectivity index (χ3v) is 5.03. The maximum Gasteiger partial charge on any atom is 0.451 e. The van der Waals surface area contributed by atoms with Crippen LogP contribution in [0.4, 0.5) is 13.2 Å². The number of piperidine rings is 1. The second kappa shape index (κ2) is 7.83. The van der Waals surface area contributed by atoms with Crippen molar-refractivity contribution in [2.75, 3.05) is 13.1 Å². The molecule has 0 radical (unpaired) electrons. The zero-order chi connectivity index (χ0) is 20.5. The highest BCUT2D eigenvalue weighted by atomic mass is 35.5. The first kappa shape index (κ1) is 20.2. The number of aromatic nitrogens is 3. The molecular weight excluding hydrogens is 397 g/mol. The smallest absolute Gasteiger partial charge is 0.339 e. The minimum Gasteiger partial charge on any atom is -0.339 e. The zero-order valence-corrected chi connectivity index (χ0v) is 15.7. The Hall–Kier alpha value is -2.55. The molecule has 1 fully saturated rings. The summed E-state index contributed by atoms with van der Waals surface area (Å²) in [5.74, 6) is -1.44. The normalized spacial score (nSPS) is 16.1. The number of alkyl halides is 3. The Morgan fingerprint density at radius 2 is 1.89 bits per heavy atom. The van der Waals surface area contributed by atoms with Crippen molar-refractivity contribution in [2.24, 2.45) is 7.05 Å². The Bertz CT molecular complexity index is 956. The summed E-state index contributed by atoms with van der Waals surface area (Å²) in [7, 11) is 1.05. The third-order valence-electron chi connectivity index (χ3n) is 4.69. The fraction of sp³-hybridized carbons (Fsp3) is 0.389. The van der Waals surface area contributed by atoms with Crippen LogP contribution in [0.5, 0.6) is 0 Å². The molecule has 2 heterocycles. The quantitative estimate of drug-likeness (QED) is 0.725. The first-order valence-electron chi connectivity index (χ1n) is 8.62. The van der Waals surface area contributed by atoms with Crippen LogP contribution in [-0.4, -0.2) is 38.2 Å². The molecule has 10 heteroatoms. The van der Waals surface area contributed by atoms with Crippen molar-refractivity contribution in [2.45, 2.75) is 25.1 Å². The number of benzene rings is 1. The van der Waals surface area contributed by atoms with Gasteiger partial charge in [-0.05, 0) is 30.5 Å². The average molecular weight is 415 g/mol. The van der Waals surface area contributed by atoms with Gasteiger partial charge in [0.2, 0.25) is 11.7 Å². The minimum atomic E-state index is -4.70. The molecule has 0 bridgehead atoms. The van der Waals surface area contributed by atoms with Crippen molar-refractivity contribution < 1.29 is 18.0 Å². The van der Waals surface area contributed by atoms with Gasteiger partial charge >= 0.3 is 11.9 Å². The van der Waals surface area contributed by atoms with Gasteiger partial charge < -0.3 is 4.90 Å². The lowest BCUT2D eigenvalue weighted by Gasteiger charge is -2.30. The highest BCUT2D eigenvalue weighted by Gasteiger charge is 2.39. The molecule has 2 aromatic rings. The Kier molecular flexibility index (Phi) is 5.64. The molecule has 150 valence electrons. The molecular formula is C18H18ClF3N4O2. The third kappa shape index (κ3) is 4.14. The molecule has 6 nitrogen and oxygen atoms in total. The maximum absolute atomic E-state index is 12.9. The van der Waals surface area contributed by atoms with E-state index in [2.05, 4.69) is 5.10 Å². The van der Waals surface area contributed by atoms with Crippen LogP contribution in [0, 0.1) is 0 Å². The zero-order valence-electron chi connectivity index (χ0n) is 15.0. The summed E-state index contributed by atoms with van der Waals surface area (Å²) in [5, 5.41) is 4.00. The molecule has 0 spiro atoms. The van der Waals surface area contributed by atoms with Gasteiger partial charge in [-0.15, -0.1) is 5.10 Å². The predicted octanol–water partition coefficient (Wildman–Crippen LogP) is 3.13. The standard InChI is InChI=1S/C18H18ClF3N4O2/c1-24-16(18(20,21)22)23-26(17(24)28)13-8-10-25(11-9-13)15(27)7-6-12-4-2-3-5-14(12)19/h2-7,13H,8-11H2,1H3/b7-6+. The molecule has 1 aromatic carbocycles. The van der Waals surface area contributed by atoms with E-state index in [-0.39, 0.29) is 5.91 Å². The van der Waals surface area contributed by atoms with E-state index in [0.29, 0.717) is 41.1 Å². The molecule has 0 unspecified atom stereocenters. The number of hydrogen-bond acceptors (Lipinski definition) is 3. The van der Waals surface area contributed by atoms with Crippen molar-refractivity contribution >= 4 is 23.6 Å². The van der Waals surface area contributed by atoms with E-state index in [1.54, 1.807) is 35.2 Å². The van der Waals surface area contributed by atoms with Gasteiger partial charge in [0.15, 0.2) is 0 Å². The second-order valence-corrected chi connectivity index (χ2v) is 6.93. The number of amides is 1. The van der Waals surface area contributed by atoms with E-state index in [1.165, 1.54) is 6.08 Å². The summed E-state index contributed by atoms with van der Waals surface area (Å²) >= 11 is 6.04. The summed E-state index contributed by atoms with van der Waals surface area (Å²) < 4.78 is 40.2. The average Bonchev–Trinajstić information content (AvgIpc) is 2.96. The number of rotatable bonds is 3. The molecule has 0 N–H and O–H groups in total. The van der Waals surface area contributed by atoms with Crippen molar-refractivity contribution in [1.82, 2.24) is 19.2 Å². The van der Waals surface area contributed by atoms with Gasteiger partial charge in [0.05, 0.1) is 6.04 Å². The number of carbonyl (C=O) groups is 1. The predicted molar refractivity (Wildman–Crippen MR) is 97.8 cm³/mol. The molecule has 0 aliphatic carbocycles. The molecule has 1 amide bonds. The van der Waals surface area contributed by atoms with Crippen LogP contribution in [-0.2, 0) is 18.0 Å². The minimum absolute atomic E-state index is 0.220. The van der Waals surface area contributed by atoms with Gasteiger partial charge in [0.1, 0.15) is 0 Å². The van der Waals surface area contributed by atoms with Crippen LogP contribution in [0.1, 0.15) is 30.3 Å². The van der Waals surface area contributed by atoms with E-state index in [4.69, 9.17) is 11.6 Å². The number of likely N-dealkylation sites (tertiary alicyclic amines) is 1. The maximum atomic E-state index is 12.9. The van der Waals surface area contributed by atoms with Gasteiger partial charge in [-0.25, -0.2) is 9.48 Å². The molecule has 1 aliphatic heterocycles. The van der Waals surface area contributed by atoms with Crippen LogP contribution >= 0.6 is 11.6 Å². The van der Waals surface area contributed by atoms with Gasteiger partial charge in [-0.3, -0.25) is 9.36 Å². The van der Waals surface area contributed by atoms with Crippen LogP contribution in [0.15, 0.2) is 35.1 Å². The molecule has 28 heavy (non-hydrogen) atoms. The van der Waals surface area contributed by atoms with E-state index in [1.807, 2.05) is 0 Å². The Morgan fingerprint density at radius 3 is 2.46 bits per heavy atom. The lowest BCUT2D eigenvalue weighted by atomic mass is 10.1. The number of nitrogens with zero attached hydrogens (tertiary/aromatic N) is 4. The summed E-state index contributed by atoms with van der Waals surface area (Å²) in [5.41, 5.74) is -0.0946. The molecule has 1 aliphatic rings. The molecule has 1 saturated heterocycles. The number of halogens is 4. The van der Waals surface area contributed by atoms with Crippen LogP contribution in [0.25, 0.3) is 6.08 Å². The van der Waals surface area contributed by atoms with E-state index < -0.39 is 23.7 Å². The lowest BCUT2D eigenvalue weighted by Crippen LogP contribution is -2.40. The van der Waals surface area contributed by atoms with Crippen molar-refractivity contribution in [1.29, 1.82) is 0 Å². The fourth-order valence-corrected chi connectivity index (χ4v) is 3.35. The van der Waals surface area contributed by atoms with Gasteiger partial charge in [-0.1, -0.05) is 29.8 Å². The van der Waals surface area contributed by atoms with Gasteiger partial charge in [0, 0.05) is 31.2 Å². The number of hydrogen-bond donors (Lipinski definition) is 0. The first-order chi connectivity index (χ1) is 13.2. The highest BCUT2D eigenvalue weighted by Crippen LogP contribution is 2.28. The monoisotopic (exact) mass is 414 g/mol. The van der Waals surface area contributed by atoms with Crippen LogP contribution in [0.2, 0.25) is 5.02 Å². The van der Waals surface area contributed by atoms with Crippen LogP contribution < -0.4 is 5.69 Å². The molecule has 0 saturated carbocycles. The second-order valence-electron chi connectivity index (χ2n) is 6.52. The van der Waals surface area contributed by atoms with Crippen molar-refractivity contribution in [3.8, 4) is 0 Å². The summed E-state index contributed by atoms with van der Waals surface area (Å²) in [6.45, 7) is 0.640. The topological polar surface area (TPSA) is 60.1 Å². The van der Waals surface area contributed by atoms with E-state index in [9.17, 15) is 22.8 Å². The summed E-state index contributed by atoms with van der Waals surface area (Å²) in [6, 6.07) is 6.62. The van der Waals surface area contributed by atoms with E-state index in [0.717, 1.165) is 11.7 Å². The van der Waals surface area contributed by atoms with Crippen molar-refractivity contribution in [3.05, 3.63) is 57.2 Å². The first-order valence-corrected chi connectivity index (χ1v) is 9.00. The Balaban J connectivity index is 1.66. The Morgan fingerprint density at radius 1 is 1.25 bits per heavy atom. The lowest BCUT2D eigenvalue weighted by molar-refractivity contribution is -0.147. The summed E-state index contributed by atoms with van der Waals surface area (Å²) in [6.07, 6.45) is -0.967. The molecule has 3 rings (SSSR count). The largest absolute Gasteiger partial charge is 0.451 e. The van der Waals surface area contributed by atoms with Crippen molar-refractivity contribution in [3.63, 3.8) is 0 Å². The SMILES string of the molecule is Cn1c(C(F)(F)F)nn(C2CCN(C(=O)/C=C/c3ccccc3Cl)CC2)c1=O. The number of carbonyl (C=O) groups excluding carboxylic acids is 1. The molecule has 0 atom stereocenters. The Labute approximate surface area is 163 Å². The van der Waals surface area contributed by atoms with Gasteiger partial charge in [0.25, 0.3) is 0 Å². The summed E-state index contributed by atoms with van der Waals surface area (Å²) in [4.78, 5) is 26.0. The highest BCUT2D eigenvalue weighted by molar-refractivity contribution is 6.32. The van der Waals surface area contributed by atoms with E-state index >= 15 is 0 Å².